The molecule has 31 heavy (non-hydrogen) atoms. The Morgan fingerprint density at radius 1 is 1.16 bits per heavy atom. The number of para-hydroxylation sites is 1. The van der Waals surface area contributed by atoms with Crippen LogP contribution >= 0.6 is 11.3 Å². The number of benzene rings is 1. The van der Waals surface area contributed by atoms with Crippen molar-refractivity contribution < 1.29 is 14.3 Å². The zero-order chi connectivity index (χ0) is 22.0. The molecule has 0 saturated carbocycles. The van der Waals surface area contributed by atoms with Crippen LogP contribution in [0.2, 0.25) is 0 Å². The Hall–Kier alpha value is -2.45. The monoisotopic (exact) mass is 442 g/mol. The summed E-state index contributed by atoms with van der Waals surface area (Å²) in [6, 6.07) is 9.84. The zero-order valence-corrected chi connectivity index (χ0v) is 19.2. The molecular formula is C23H30N4O3S. The quantitative estimate of drug-likeness (QED) is 0.771. The van der Waals surface area contributed by atoms with Gasteiger partial charge in [-0.05, 0) is 38.8 Å². The molecule has 2 atom stereocenters. The molecule has 2 saturated heterocycles. The van der Waals surface area contributed by atoms with Gasteiger partial charge >= 0.3 is 0 Å². The minimum absolute atomic E-state index is 0.0211. The van der Waals surface area contributed by atoms with Crippen molar-refractivity contribution in [2.45, 2.75) is 51.3 Å². The summed E-state index contributed by atoms with van der Waals surface area (Å²) in [4.78, 5) is 34.9. The highest BCUT2D eigenvalue weighted by Gasteiger charge is 2.42. The number of nitrogens with one attached hydrogen (secondary N) is 1. The molecule has 7 nitrogen and oxygen atoms in total. The van der Waals surface area contributed by atoms with E-state index in [0.29, 0.717) is 19.5 Å². The standard InChI is InChI=1S/C23H30N4O3S/c1-15-21(31-16(2)25-15)23(29)26-11-9-17(10-12-26)27-14-19(13-20(27)22(28)24-3)30-18-7-5-4-6-8-18/h4-8,17,19-20H,9-14H2,1-3H3,(H,24,28)/t19-,20-/m0/s1. The van der Waals surface area contributed by atoms with Crippen molar-refractivity contribution in [1.82, 2.24) is 20.1 Å². The number of carbonyl (C=O) groups excluding carboxylic acids is 2. The number of hydrogen-bond donors (Lipinski definition) is 1. The van der Waals surface area contributed by atoms with Crippen molar-refractivity contribution in [2.24, 2.45) is 0 Å². The third kappa shape index (κ3) is 4.75. The first-order valence-electron chi connectivity index (χ1n) is 10.9. The Labute approximate surface area is 187 Å². The van der Waals surface area contributed by atoms with Gasteiger partial charge in [-0.25, -0.2) is 4.98 Å². The van der Waals surface area contributed by atoms with Crippen LogP contribution < -0.4 is 10.1 Å². The smallest absolute Gasteiger partial charge is 0.265 e. The van der Waals surface area contributed by atoms with Crippen molar-refractivity contribution in [1.29, 1.82) is 0 Å². The maximum Gasteiger partial charge on any atom is 0.265 e. The molecule has 0 unspecified atom stereocenters. The number of amides is 2. The number of carbonyl (C=O) groups is 2. The van der Waals surface area contributed by atoms with Crippen LogP contribution in [0.4, 0.5) is 0 Å². The number of aryl methyl sites for hydroxylation is 2. The normalized spacial score (nSPS) is 22.5. The minimum Gasteiger partial charge on any atom is -0.489 e. The fraction of sp³-hybridized carbons (Fsp3) is 0.522. The van der Waals surface area contributed by atoms with E-state index in [0.717, 1.165) is 40.7 Å². The van der Waals surface area contributed by atoms with Crippen LogP contribution in [0.1, 0.15) is 39.6 Å². The summed E-state index contributed by atoms with van der Waals surface area (Å²) in [5, 5.41) is 3.73. The van der Waals surface area contributed by atoms with E-state index in [-0.39, 0.29) is 30.0 Å². The molecule has 2 aromatic rings. The number of thiazole rings is 1. The van der Waals surface area contributed by atoms with Gasteiger partial charge in [0.1, 0.15) is 16.7 Å². The fourth-order valence-electron chi connectivity index (χ4n) is 4.70. The van der Waals surface area contributed by atoms with Gasteiger partial charge in [-0.15, -0.1) is 11.3 Å². The summed E-state index contributed by atoms with van der Waals surface area (Å²) in [5.74, 6) is 0.949. The van der Waals surface area contributed by atoms with E-state index in [1.54, 1.807) is 7.05 Å². The number of nitrogens with zero attached hydrogens (tertiary/aromatic N) is 3. The van der Waals surface area contributed by atoms with Gasteiger partial charge in [-0.1, -0.05) is 18.2 Å². The lowest BCUT2D eigenvalue weighted by Gasteiger charge is -2.38. The SMILES string of the molecule is CNC(=O)[C@@H]1C[C@H](Oc2ccccc2)CN1C1CCN(C(=O)c2sc(C)nc2C)CC1. The Kier molecular flexibility index (Phi) is 6.57. The van der Waals surface area contributed by atoms with Crippen LogP contribution in [0, 0.1) is 13.8 Å². The minimum atomic E-state index is -0.197. The summed E-state index contributed by atoms with van der Waals surface area (Å²) >= 11 is 1.47. The summed E-state index contributed by atoms with van der Waals surface area (Å²) in [6.45, 7) is 5.94. The van der Waals surface area contributed by atoms with E-state index < -0.39 is 0 Å². The molecule has 0 bridgehead atoms. The van der Waals surface area contributed by atoms with Gasteiger partial charge in [0.15, 0.2) is 0 Å². The highest BCUT2D eigenvalue weighted by atomic mass is 32.1. The number of hydrogen-bond acceptors (Lipinski definition) is 6. The Bertz CT molecular complexity index is 924. The van der Waals surface area contributed by atoms with Crippen molar-refractivity contribution in [3.05, 3.63) is 45.9 Å². The molecule has 2 amide bonds. The van der Waals surface area contributed by atoms with E-state index in [4.69, 9.17) is 4.74 Å². The van der Waals surface area contributed by atoms with Crippen molar-refractivity contribution in [2.75, 3.05) is 26.7 Å². The van der Waals surface area contributed by atoms with Gasteiger partial charge in [0.05, 0.1) is 16.7 Å². The van der Waals surface area contributed by atoms with Gasteiger partial charge in [0, 0.05) is 39.1 Å². The maximum atomic E-state index is 12.9. The van der Waals surface area contributed by atoms with E-state index in [2.05, 4.69) is 15.2 Å². The average Bonchev–Trinajstić information content (AvgIpc) is 3.36. The molecule has 2 aliphatic heterocycles. The predicted octanol–water partition coefficient (Wildman–Crippen LogP) is 2.63. The summed E-state index contributed by atoms with van der Waals surface area (Å²) < 4.78 is 6.16. The molecule has 8 heteroatoms. The number of ether oxygens (including phenoxy) is 1. The van der Waals surface area contributed by atoms with Crippen LogP contribution in [-0.2, 0) is 4.79 Å². The number of piperidine rings is 1. The third-order valence-corrected chi connectivity index (χ3v) is 7.28. The van der Waals surface area contributed by atoms with E-state index >= 15 is 0 Å². The van der Waals surface area contributed by atoms with Crippen LogP contribution in [0.15, 0.2) is 30.3 Å². The van der Waals surface area contributed by atoms with Gasteiger partial charge in [-0.3, -0.25) is 14.5 Å². The molecule has 0 aliphatic carbocycles. The lowest BCUT2D eigenvalue weighted by atomic mass is 10.0. The van der Waals surface area contributed by atoms with E-state index in [1.165, 1.54) is 11.3 Å². The van der Waals surface area contributed by atoms with Gasteiger partial charge in [-0.2, -0.15) is 0 Å². The molecular weight excluding hydrogens is 412 g/mol. The predicted molar refractivity (Wildman–Crippen MR) is 121 cm³/mol. The molecule has 1 N–H and O–H groups in total. The number of rotatable bonds is 5. The van der Waals surface area contributed by atoms with Crippen LogP contribution in [0.3, 0.4) is 0 Å². The van der Waals surface area contributed by atoms with E-state index in [1.807, 2.05) is 49.1 Å². The molecule has 0 radical (unpaired) electrons. The van der Waals surface area contributed by atoms with Crippen molar-refractivity contribution in [3.63, 3.8) is 0 Å². The molecule has 2 aliphatic rings. The number of likely N-dealkylation sites (tertiary alicyclic amines) is 2. The molecule has 0 spiro atoms. The molecule has 4 rings (SSSR count). The van der Waals surface area contributed by atoms with E-state index in [9.17, 15) is 9.59 Å². The summed E-state index contributed by atoms with van der Waals surface area (Å²) in [6.07, 6.45) is 2.36. The summed E-state index contributed by atoms with van der Waals surface area (Å²) in [5.41, 5.74) is 0.815. The van der Waals surface area contributed by atoms with Crippen LogP contribution in [0.25, 0.3) is 0 Å². The largest absolute Gasteiger partial charge is 0.489 e. The lowest BCUT2D eigenvalue weighted by Crippen LogP contribution is -2.51. The average molecular weight is 443 g/mol. The molecule has 166 valence electrons. The first kappa shape index (κ1) is 21.8. The first-order chi connectivity index (χ1) is 15.0. The van der Waals surface area contributed by atoms with Crippen molar-refractivity contribution >= 4 is 23.2 Å². The highest BCUT2D eigenvalue weighted by Crippen LogP contribution is 2.30. The van der Waals surface area contributed by atoms with Crippen LogP contribution in [0.5, 0.6) is 5.75 Å². The molecule has 2 fully saturated rings. The van der Waals surface area contributed by atoms with Gasteiger partial charge in [0.25, 0.3) is 5.91 Å². The second-order valence-corrected chi connectivity index (χ2v) is 9.49. The highest BCUT2D eigenvalue weighted by molar-refractivity contribution is 7.13. The molecule has 1 aromatic carbocycles. The Balaban J connectivity index is 1.40. The third-order valence-electron chi connectivity index (χ3n) is 6.21. The fourth-order valence-corrected chi connectivity index (χ4v) is 5.59. The molecule has 3 heterocycles. The lowest BCUT2D eigenvalue weighted by molar-refractivity contribution is -0.126. The van der Waals surface area contributed by atoms with Crippen molar-refractivity contribution in [3.8, 4) is 5.75 Å². The zero-order valence-electron chi connectivity index (χ0n) is 18.3. The van der Waals surface area contributed by atoms with Gasteiger partial charge in [0.2, 0.25) is 5.91 Å². The van der Waals surface area contributed by atoms with Crippen LogP contribution in [-0.4, -0.2) is 71.5 Å². The second kappa shape index (κ2) is 9.36. The topological polar surface area (TPSA) is 74.8 Å². The Morgan fingerprint density at radius 2 is 1.87 bits per heavy atom. The first-order valence-corrected chi connectivity index (χ1v) is 11.7. The maximum absolute atomic E-state index is 12.9. The van der Waals surface area contributed by atoms with Gasteiger partial charge < -0.3 is 15.0 Å². The second-order valence-electron chi connectivity index (χ2n) is 8.29. The molecule has 1 aromatic heterocycles. The number of likely N-dealkylation sites (N-methyl/N-ethyl adjacent to an activating group) is 1. The Morgan fingerprint density at radius 3 is 2.48 bits per heavy atom. The number of aromatic nitrogens is 1. The summed E-state index contributed by atoms with van der Waals surface area (Å²) in [7, 11) is 1.69.